The molecule has 1 heterocycles. The van der Waals surface area contributed by atoms with Gasteiger partial charge in [0, 0.05) is 5.41 Å². The van der Waals surface area contributed by atoms with Crippen LogP contribution in [0.5, 0.6) is 0 Å². The summed E-state index contributed by atoms with van der Waals surface area (Å²) in [6.07, 6.45) is 8.52. The summed E-state index contributed by atoms with van der Waals surface area (Å²) >= 11 is 0. The maximum absolute atomic E-state index is 3.14. The Bertz CT molecular complexity index is 675. The van der Waals surface area contributed by atoms with Gasteiger partial charge in [-0.1, -0.05) is 93.1 Å². The van der Waals surface area contributed by atoms with Gasteiger partial charge >= 0.3 is 0 Å². The molecule has 2 heteroatoms. The quantitative estimate of drug-likeness (QED) is 0.518. The molecule has 2 nitrogen and oxygen atoms in total. The van der Waals surface area contributed by atoms with Crippen LogP contribution in [0.1, 0.15) is 81.2 Å². The molecular weight excluding hydrogens is 328 g/mol. The third-order valence-corrected chi connectivity index (χ3v) is 7.65. The van der Waals surface area contributed by atoms with Gasteiger partial charge in [0.2, 0.25) is 6.33 Å². The zero-order valence-electron chi connectivity index (χ0n) is 18.2. The normalized spacial score (nSPS) is 15.1. The van der Waals surface area contributed by atoms with Gasteiger partial charge in [-0.05, 0) is 34.7 Å². The molecule has 0 spiro atoms. The molecule has 2 rings (SSSR count). The molecule has 0 radical (unpaired) electrons. The molecule has 1 aromatic carbocycles. The zero-order valence-corrected chi connectivity index (χ0v) is 18.2. The van der Waals surface area contributed by atoms with Crippen LogP contribution in [-0.2, 0) is 12.0 Å². The Morgan fingerprint density at radius 2 is 1.48 bits per heavy atom. The predicted molar refractivity (Wildman–Crippen MR) is 118 cm³/mol. The van der Waals surface area contributed by atoms with Crippen molar-refractivity contribution in [2.45, 2.75) is 87.6 Å². The van der Waals surface area contributed by atoms with Crippen LogP contribution in [0.3, 0.4) is 0 Å². The minimum absolute atomic E-state index is 0. The van der Waals surface area contributed by atoms with Crippen molar-refractivity contribution in [3.63, 3.8) is 0 Å². The first kappa shape index (κ1) is 23.5. The second-order valence-corrected chi connectivity index (χ2v) is 10.2. The molecule has 152 valence electrons. The molecule has 2 aromatic rings. The number of imidazole rings is 1. The Labute approximate surface area is 168 Å². The lowest BCUT2D eigenvalue weighted by molar-refractivity contribution is -0.696. The largest absolute Gasteiger partial charge is 0.250 e. The number of nitrogens with zero attached hydrogens (tertiary/aromatic N) is 1. The molecule has 0 fully saturated rings. The van der Waals surface area contributed by atoms with Gasteiger partial charge in [-0.25, -0.2) is 4.57 Å². The number of aromatic amines is 1. The van der Waals surface area contributed by atoms with Crippen LogP contribution in [0.25, 0.3) is 0 Å². The molecule has 1 unspecified atom stereocenters. The van der Waals surface area contributed by atoms with Crippen LogP contribution in [0.15, 0.2) is 49.1 Å². The van der Waals surface area contributed by atoms with Crippen molar-refractivity contribution < 1.29 is 4.57 Å². The highest BCUT2D eigenvalue weighted by Crippen LogP contribution is 2.61. The van der Waals surface area contributed by atoms with Crippen molar-refractivity contribution in [1.82, 2.24) is 4.98 Å². The zero-order chi connectivity index (χ0) is 19.6. The van der Waals surface area contributed by atoms with E-state index in [1.165, 1.54) is 18.4 Å². The third-order valence-electron chi connectivity index (χ3n) is 7.65. The van der Waals surface area contributed by atoms with Gasteiger partial charge in [0.05, 0.1) is 6.54 Å². The number of nitrogens with one attached hydrogen (secondary N) is 1. The van der Waals surface area contributed by atoms with E-state index in [-0.39, 0.29) is 29.1 Å². The summed E-state index contributed by atoms with van der Waals surface area (Å²) in [6.45, 7) is 20.6. The van der Waals surface area contributed by atoms with Gasteiger partial charge in [-0.3, -0.25) is 4.98 Å². The molecule has 0 aliphatic heterocycles. The Balaban J connectivity index is 0.00000364. The van der Waals surface area contributed by atoms with Gasteiger partial charge in [0.25, 0.3) is 0 Å². The first-order valence-corrected chi connectivity index (χ1v) is 10.0. The number of H-pyrrole nitrogens is 1. The highest BCUT2D eigenvalue weighted by Gasteiger charge is 2.56. The van der Waals surface area contributed by atoms with Gasteiger partial charge < -0.3 is 0 Å². The standard InChI is InChI=1S/C24H38N2.CH4/c1-21(2,3)23(6,7)24(8,20-13-10-9-11-14-20)22(4,5)15-12-17-26-18-16-25-19-26;/h9-11,13-14,16,18-19H,12,15,17H2,1-8H3;1H4/p+1. The molecule has 0 saturated heterocycles. The van der Waals surface area contributed by atoms with Gasteiger partial charge in [0.1, 0.15) is 12.4 Å². The Morgan fingerprint density at radius 3 is 1.96 bits per heavy atom. The average Bonchev–Trinajstić information content (AvgIpc) is 3.06. The number of aryl methyl sites for hydroxylation is 1. The van der Waals surface area contributed by atoms with Crippen molar-refractivity contribution >= 4 is 0 Å². The van der Waals surface area contributed by atoms with E-state index < -0.39 is 0 Å². The molecule has 0 aliphatic rings. The van der Waals surface area contributed by atoms with Crippen molar-refractivity contribution in [3.05, 3.63) is 54.6 Å². The Kier molecular flexibility index (Phi) is 7.13. The SMILES string of the molecule is C.CC(C)(C)C(C)(C)C(C)(c1ccccc1)C(C)(C)CCC[n+]1cc[nH]c1. The molecule has 1 atom stereocenters. The Morgan fingerprint density at radius 1 is 0.889 bits per heavy atom. The molecule has 0 bridgehead atoms. The van der Waals surface area contributed by atoms with E-state index in [0.29, 0.717) is 0 Å². The fraction of sp³-hybridized carbons (Fsp3) is 0.640. The lowest BCUT2D eigenvalue weighted by Crippen LogP contribution is -2.56. The van der Waals surface area contributed by atoms with Crippen LogP contribution in [0.4, 0.5) is 0 Å². The van der Waals surface area contributed by atoms with Crippen LogP contribution in [0.2, 0.25) is 0 Å². The van der Waals surface area contributed by atoms with E-state index in [0.717, 1.165) is 6.54 Å². The maximum Gasteiger partial charge on any atom is 0.241 e. The monoisotopic (exact) mass is 371 g/mol. The molecule has 1 aromatic heterocycles. The van der Waals surface area contributed by atoms with Crippen molar-refractivity contribution in [2.75, 3.05) is 0 Å². The lowest BCUT2D eigenvalue weighted by Gasteiger charge is -2.60. The molecular formula is C25H43N2+. The van der Waals surface area contributed by atoms with Gasteiger partial charge in [-0.15, -0.1) is 0 Å². The van der Waals surface area contributed by atoms with Crippen molar-refractivity contribution in [1.29, 1.82) is 0 Å². The predicted octanol–water partition coefficient (Wildman–Crippen LogP) is 6.77. The number of benzene rings is 1. The fourth-order valence-corrected chi connectivity index (χ4v) is 4.53. The Hall–Kier alpha value is -1.57. The first-order chi connectivity index (χ1) is 11.9. The van der Waals surface area contributed by atoms with E-state index in [4.69, 9.17) is 0 Å². The van der Waals surface area contributed by atoms with Crippen molar-refractivity contribution in [2.24, 2.45) is 16.2 Å². The third kappa shape index (κ3) is 4.31. The fourth-order valence-electron chi connectivity index (χ4n) is 4.53. The highest BCUT2D eigenvalue weighted by molar-refractivity contribution is 5.31. The number of hydrogen-bond acceptors (Lipinski definition) is 0. The van der Waals surface area contributed by atoms with Crippen molar-refractivity contribution in [3.8, 4) is 0 Å². The summed E-state index contributed by atoms with van der Waals surface area (Å²) in [5.74, 6) is 0. The van der Waals surface area contributed by atoms with Crippen LogP contribution in [0, 0.1) is 16.2 Å². The molecule has 0 amide bonds. The van der Waals surface area contributed by atoms with E-state index in [1.807, 2.05) is 12.5 Å². The summed E-state index contributed by atoms with van der Waals surface area (Å²) in [5.41, 5.74) is 2.01. The summed E-state index contributed by atoms with van der Waals surface area (Å²) in [5, 5.41) is 0. The summed E-state index contributed by atoms with van der Waals surface area (Å²) in [4.78, 5) is 3.14. The number of aromatic nitrogens is 2. The maximum atomic E-state index is 3.14. The van der Waals surface area contributed by atoms with Gasteiger partial charge in [-0.2, -0.15) is 0 Å². The first-order valence-electron chi connectivity index (χ1n) is 10.0. The topological polar surface area (TPSA) is 19.7 Å². The van der Waals surface area contributed by atoms with Crippen LogP contribution in [-0.4, -0.2) is 4.98 Å². The summed E-state index contributed by atoms with van der Waals surface area (Å²) in [7, 11) is 0. The molecule has 0 saturated carbocycles. The van der Waals surface area contributed by atoms with E-state index in [9.17, 15) is 0 Å². The molecule has 0 aliphatic carbocycles. The second-order valence-electron chi connectivity index (χ2n) is 10.2. The molecule has 1 N–H and O–H groups in total. The average molecular weight is 372 g/mol. The number of hydrogen-bond donors (Lipinski definition) is 1. The van der Waals surface area contributed by atoms with E-state index >= 15 is 0 Å². The minimum Gasteiger partial charge on any atom is -0.250 e. The van der Waals surface area contributed by atoms with E-state index in [1.54, 1.807) is 0 Å². The van der Waals surface area contributed by atoms with Gasteiger partial charge in [0.15, 0.2) is 0 Å². The minimum atomic E-state index is 0. The van der Waals surface area contributed by atoms with Crippen LogP contribution < -0.4 is 4.57 Å². The van der Waals surface area contributed by atoms with E-state index in [2.05, 4.69) is 101 Å². The smallest absolute Gasteiger partial charge is 0.241 e. The number of rotatable bonds is 7. The molecule has 27 heavy (non-hydrogen) atoms. The second kappa shape index (κ2) is 8.20. The lowest BCUT2D eigenvalue weighted by atomic mass is 9.44. The summed E-state index contributed by atoms with van der Waals surface area (Å²) in [6, 6.07) is 11.2. The highest BCUT2D eigenvalue weighted by atomic mass is 15.0. The van der Waals surface area contributed by atoms with Crippen LogP contribution >= 0.6 is 0 Å². The summed E-state index contributed by atoms with van der Waals surface area (Å²) < 4.78 is 2.24.